The summed E-state index contributed by atoms with van der Waals surface area (Å²) in [6.45, 7) is -0.0762. The van der Waals surface area contributed by atoms with E-state index in [0.29, 0.717) is 0 Å². The maximum atomic E-state index is 5.44. The molecule has 0 N–H and O–H groups in total. The van der Waals surface area contributed by atoms with Gasteiger partial charge in [-0.1, -0.05) is 41.7 Å². The largest absolute Gasteiger partial charge is 0.346 e. The van der Waals surface area contributed by atoms with Gasteiger partial charge in [0.25, 0.3) is 0 Å². The number of fused-ring (bicyclic) bond motifs is 3. The van der Waals surface area contributed by atoms with Crippen molar-refractivity contribution >= 4 is 29.4 Å². The molecule has 27 heavy (non-hydrogen) atoms. The molecule has 0 unspecified atom stereocenters. The maximum absolute atomic E-state index is 5.44. The Morgan fingerprint density at radius 1 is 1.11 bits per heavy atom. The molecule has 0 fully saturated rings. The smallest absolute Gasteiger partial charge is 0.331 e. The van der Waals surface area contributed by atoms with E-state index >= 15 is 0 Å². The zero-order valence-electron chi connectivity index (χ0n) is 14.9. The molecule has 0 saturated carbocycles. The highest BCUT2D eigenvalue weighted by atomic mass is 15.2. The van der Waals surface area contributed by atoms with E-state index in [4.69, 9.17) is 6.42 Å². The van der Waals surface area contributed by atoms with Crippen LogP contribution < -0.4 is 15.7 Å². The van der Waals surface area contributed by atoms with Crippen molar-refractivity contribution in [3.63, 3.8) is 0 Å². The third kappa shape index (κ3) is 2.92. The van der Waals surface area contributed by atoms with Gasteiger partial charge in [0.05, 0.1) is 0 Å². The topological polar surface area (TPSA) is 41.4 Å². The SMILES string of the molecule is C#C/C=C\C(=N/C)N1B(c2ccccc2)c2ccncc2-c2cccnc21. The van der Waals surface area contributed by atoms with Crippen molar-refractivity contribution in [1.29, 1.82) is 0 Å². The molecule has 0 spiro atoms. The number of aromatic nitrogens is 2. The van der Waals surface area contributed by atoms with E-state index < -0.39 is 0 Å². The van der Waals surface area contributed by atoms with E-state index in [1.807, 2.05) is 42.7 Å². The van der Waals surface area contributed by atoms with Gasteiger partial charge in [-0.2, -0.15) is 0 Å². The van der Waals surface area contributed by atoms with Crippen molar-refractivity contribution in [1.82, 2.24) is 9.97 Å². The molecule has 128 valence electrons. The van der Waals surface area contributed by atoms with E-state index in [9.17, 15) is 0 Å². The van der Waals surface area contributed by atoms with Crippen LogP contribution in [0.15, 0.2) is 84.3 Å². The van der Waals surface area contributed by atoms with Crippen LogP contribution in [0.25, 0.3) is 11.1 Å². The highest BCUT2D eigenvalue weighted by Gasteiger charge is 2.38. The van der Waals surface area contributed by atoms with Crippen molar-refractivity contribution < 1.29 is 0 Å². The van der Waals surface area contributed by atoms with E-state index in [1.165, 1.54) is 0 Å². The second-order valence-corrected chi connectivity index (χ2v) is 6.10. The standard InChI is InChI=1S/C22H17BN4/c1-3-4-12-21(24-2)27-22-18(11-8-14-26-22)19-16-25-15-13-20(19)23(27)17-9-6-5-7-10-17/h1,4-16H,2H3/b12-4-,24-21+. The molecule has 0 radical (unpaired) electrons. The van der Waals surface area contributed by atoms with Crippen LogP contribution in [0.5, 0.6) is 0 Å². The molecule has 4 rings (SSSR count). The summed E-state index contributed by atoms with van der Waals surface area (Å²) >= 11 is 0. The number of aliphatic imine (C=N–C) groups is 1. The summed E-state index contributed by atoms with van der Waals surface area (Å²) in [6, 6.07) is 16.4. The lowest BCUT2D eigenvalue weighted by atomic mass is 9.46. The van der Waals surface area contributed by atoms with E-state index in [-0.39, 0.29) is 6.85 Å². The Balaban J connectivity index is 2.02. The number of rotatable bonds is 2. The van der Waals surface area contributed by atoms with Gasteiger partial charge in [-0.3, -0.25) is 9.98 Å². The number of hydrogen-bond acceptors (Lipinski definition) is 3. The number of terminal acetylenes is 1. The summed E-state index contributed by atoms with van der Waals surface area (Å²) in [7, 11) is 1.77. The van der Waals surface area contributed by atoms with E-state index in [1.54, 1.807) is 19.3 Å². The Hall–Kier alpha value is -3.65. The Kier molecular flexibility index (Phi) is 4.55. The summed E-state index contributed by atoms with van der Waals surface area (Å²) in [6.07, 6.45) is 14.5. The molecule has 0 saturated heterocycles. The molecule has 3 heterocycles. The van der Waals surface area contributed by atoms with E-state index in [0.717, 1.165) is 33.7 Å². The number of nitrogens with zero attached hydrogens (tertiary/aromatic N) is 4. The average Bonchev–Trinajstić information content (AvgIpc) is 2.74. The molecule has 3 aromatic rings. The first-order chi connectivity index (χ1) is 13.3. The zero-order valence-corrected chi connectivity index (χ0v) is 14.9. The van der Waals surface area contributed by atoms with Crippen molar-refractivity contribution in [3.05, 3.63) is 79.3 Å². The number of benzene rings is 1. The Labute approximate surface area is 159 Å². The molecule has 0 atom stereocenters. The number of anilines is 1. The monoisotopic (exact) mass is 348 g/mol. The zero-order chi connectivity index (χ0) is 18.6. The minimum atomic E-state index is -0.0762. The van der Waals surface area contributed by atoms with Crippen LogP contribution >= 0.6 is 0 Å². The molecular weight excluding hydrogens is 331 g/mol. The molecule has 5 heteroatoms. The van der Waals surface area contributed by atoms with Gasteiger partial charge in [-0.25, -0.2) is 4.98 Å². The lowest BCUT2D eigenvalue weighted by Crippen LogP contribution is -2.61. The van der Waals surface area contributed by atoms with Crippen LogP contribution in [0.3, 0.4) is 0 Å². The third-order valence-electron chi connectivity index (χ3n) is 4.63. The number of allylic oxidation sites excluding steroid dienone is 1. The lowest BCUT2D eigenvalue weighted by molar-refractivity contribution is 1.23. The van der Waals surface area contributed by atoms with Gasteiger partial charge in [0.2, 0.25) is 0 Å². The van der Waals surface area contributed by atoms with Crippen LogP contribution in [0.4, 0.5) is 5.82 Å². The van der Waals surface area contributed by atoms with Crippen LogP contribution in [-0.2, 0) is 0 Å². The summed E-state index contributed by atoms with van der Waals surface area (Å²) in [5, 5.41) is 0. The fraction of sp³-hybridized carbons (Fsp3) is 0.0455. The van der Waals surface area contributed by atoms with Crippen molar-refractivity contribution in [2.45, 2.75) is 0 Å². The predicted octanol–water partition coefficient (Wildman–Crippen LogP) is 2.29. The van der Waals surface area contributed by atoms with Gasteiger partial charge >= 0.3 is 6.85 Å². The Morgan fingerprint density at radius 2 is 1.96 bits per heavy atom. The highest BCUT2D eigenvalue weighted by Crippen LogP contribution is 2.33. The molecule has 1 aromatic carbocycles. The van der Waals surface area contributed by atoms with Crippen LogP contribution in [0.1, 0.15) is 0 Å². The van der Waals surface area contributed by atoms with Gasteiger partial charge in [0.1, 0.15) is 11.7 Å². The highest BCUT2D eigenvalue weighted by molar-refractivity contribution is 6.92. The fourth-order valence-electron chi connectivity index (χ4n) is 3.52. The minimum Gasteiger partial charge on any atom is -0.346 e. The molecule has 0 bridgehead atoms. The first-order valence-corrected chi connectivity index (χ1v) is 8.68. The molecule has 0 amide bonds. The van der Waals surface area contributed by atoms with Crippen LogP contribution in [0.2, 0.25) is 0 Å². The first-order valence-electron chi connectivity index (χ1n) is 8.68. The summed E-state index contributed by atoms with van der Waals surface area (Å²) in [5.74, 6) is 4.15. The van der Waals surface area contributed by atoms with Gasteiger partial charge in [-0.05, 0) is 35.8 Å². The van der Waals surface area contributed by atoms with Gasteiger partial charge in [-0.15, -0.1) is 6.42 Å². The number of hydrogen-bond donors (Lipinski definition) is 0. The number of amidine groups is 1. The van der Waals surface area contributed by atoms with Crippen molar-refractivity contribution in [3.8, 4) is 23.5 Å². The van der Waals surface area contributed by atoms with Gasteiger partial charge < -0.3 is 4.81 Å². The molecular formula is C22H17BN4. The van der Waals surface area contributed by atoms with E-state index in [2.05, 4.69) is 50.0 Å². The predicted molar refractivity (Wildman–Crippen MR) is 113 cm³/mol. The summed E-state index contributed by atoms with van der Waals surface area (Å²) < 4.78 is 0. The third-order valence-corrected chi connectivity index (χ3v) is 4.63. The normalized spacial score (nSPS) is 13.3. The molecule has 1 aliphatic heterocycles. The second-order valence-electron chi connectivity index (χ2n) is 6.10. The van der Waals surface area contributed by atoms with Gasteiger partial charge in [0, 0.05) is 36.8 Å². The first kappa shape index (κ1) is 16.8. The molecule has 4 nitrogen and oxygen atoms in total. The summed E-state index contributed by atoms with van der Waals surface area (Å²) in [4.78, 5) is 15.7. The average molecular weight is 348 g/mol. The molecule has 1 aliphatic rings. The fourth-order valence-corrected chi connectivity index (χ4v) is 3.52. The van der Waals surface area contributed by atoms with Crippen molar-refractivity contribution in [2.24, 2.45) is 4.99 Å². The minimum absolute atomic E-state index is 0.0762. The summed E-state index contributed by atoms with van der Waals surface area (Å²) in [5.41, 5.74) is 4.42. The van der Waals surface area contributed by atoms with Gasteiger partial charge in [0.15, 0.2) is 0 Å². The lowest BCUT2D eigenvalue weighted by Gasteiger charge is -2.37. The quantitative estimate of drug-likeness (QED) is 0.309. The Bertz CT molecular complexity index is 1070. The molecule has 0 aliphatic carbocycles. The van der Waals surface area contributed by atoms with Crippen LogP contribution in [0, 0.1) is 12.3 Å². The number of pyridine rings is 2. The van der Waals surface area contributed by atoms with Crippen molar-refractivity contribution in [2.75, 3.05) is 11.9 Å². The maximum Gasteiger partial charge on any atom is 0.331 e. The Morgan fingerprint density at radius 3 is 2.74 bits per heavy atom. The second kappa shape index (κ2) is 7.31. The molecule has 2 aromatic heterocycles. The van der Waals surface area contributed by atoms with Crippen LogP contribution in [-0.4, -0.2) is 29.7 Å².